The van der Waals surface area contributed by atoms with Crippen LogP contribution >= 0.6 is 0 Å². The maximum atomic E-state index is 12.6. The molecular weight excluding hydrogens is 310 g/mol. The Hall–Kier alpha value is -2.09. The SMILES string of the molecule is CCCC(=O)NCCN1CCN(C(=O)c2cn(C)nc2OC)CC1. The Labute approximate surface area is 142 Å². The number of carbonyl (C=O) groups is 2. The predicted octanol–water partition coefficient (Wildman–Crippen LogP) is 0.103. The van der Waals surface area contributed by atoms with Gasteiger partial charge in [0.1, 0.15) is 5.56 Å². The summed E-state index contributed by atoms with van der Waals surface area (Å²) in [4.78, 5) is 28.1. The molecule has 134 valence electrons. The van der Waals surface area contributed by atoms with E-state index in [1.807, 2.05) is 11.8 Å². The fourth-order valence-electron chi connectivity index (χ4n) is 2.78. The van der Waals surface area contributed by atoms with E-state index in [-0.39, 0.29) is 11.8 Å². The molecular formula is C16H27N5O3. The van der Waals surface area contributed by atoms with Crippen LogP contribution in [0.5, 0.6) is 5.88 Å². The number of methoxy groups -OCH3 is 1. The first kappa shape index (κ1) is 18.3. The van der Waals surface area contributed by atoms with E-state index < -0.39 is 0 Å². The molecule has 0 atom stereocenters. The topological polar surface area (TPSA) is 79.7 Å². The molecule has 0 aliphatic carbocycles. The fourth-order valence-corrected chi connectivity index (χ4v) is 2.78. The summed E-state index contributed by atoms with van der Waals surface area (Å²) in [6.07, 6.45) is 3.14. The number of hydrogen-bond donors (Lipinski definition) is 1. The zero-order valence-corrected chi connectivity index (χ0v) is 14.7. The van der Waals surface area contributed by atoms with Gasteiger partial charge in [0.2, 0.25) is 11.8 Å². The van der Waals surface area contributed by atoms with Crippen molar-refractivity contribution in [2.24, 2.45) is 7.05 Å². The quantitative estimate of drug-likeness (QED) is 0.763. The van der Waals surface area contributed by atoms with Crippen LogP contribution < -0.4 is 10.1 Å². The van der Waals surface area contributed by atoms with Crippen molar-refractivity contribution < 1.29 is 14.3 Å². The van der Waals surface area contributed by atoms with Gasteiger partial charge in [-0.3, -0.25) is 19.2 Å². The smallest absolute Gasteiger partial charge is 0.261 e. The summed E-state index contributed by atoms with van der Waals surface area (Å²) in [7, 11) is 3.29. The molecule has 0 spiro atoms. The number of rotatable bonds is 7. The highest BCUT2D eigenvalue weighted by atomic mass is 16.5. The maximum absolute atomic E-state index is 12.6. The molecule has 1 aromatic rings. The highest BCUT2D eigenvalue weighted by molar-refractivity contribution is 5.96. The Morgan fingerprint density at radius 2 is 2.00 bits per heavy atom. The number of amides is 2. The molecule has 1 saturated heterocycles. The molecule has 2 amide bonds. The van der Waals surface area contributed by atoms with Crippen molar-refractivity contribution in [3.05, 3.63) is 11.8 Å². The van der Waals surface area contributed by atoms with Crippen LogP contribution in [0.1, 0.15) is 30.1 Å². The molecule has 1 aliphatic rings. The zero-order chi connectivity index (χ0) is 17.5. The first-order valence-corrected chi connectivity index (χ1v) is 8.41. The number of carbonyl (C=O) groups excluding carboxylic acids is 2. The number of aryl methyl sites for hydroxylation is 1. The van der Waals surface area contributed by atoms with E-state index in [4.69, 9.17) is 4.74 Å². The molecule has 0 radical (unpaired) electrons. The molecule has 2 heterocycles. The second kappa shape index (κ2) is 8.68. The van der Waals surface area contributed by atoms with Gasteiger partial charge in [-0.25, -0.2) is 0 Å². The van der Waals surface area contributed by atoms with Gasteiger partial charge in [-0.15, -0.1) is 5.10 Å². The minimum Gasteiger partial charge on any atom is -0.479 e. The molecule has 0 saturated carbocycles. The van der Waals surface area contributed by atoms with Gasteiger partial charge in [0, 0.05) is 58.9 Å². The van der Waals surface area contributed by atoms with Crippen molar-refractivity contribution in [1.82, 2.24) is 24.9 Å². The first-order valence-electron chi connectivity index (χ1n) is 8.41. The molecule has 24 heavy (non-hydrogen) atoms. The van der Waals surface area contributed by atoms with E-state index >= 15 is 0 Å². The monoisotopic (exact) mass is 337 g/mol. The largest absolute Gasteiger partial charge is 0.479 e. The third kappa shape index (κ3) is 4.70. The number of hydrogen-bond acceptors (Lipinski definition) is 5. The summed E-state index contributed by atoms with van der Waals surface area (Å²) in [5, 5.41) is 7.05. The van der Waals surface area contributed by atoms with Crippen LogP contribution in [0.3, 0.4) is 0 Å². The van der Waals surface area contributed by atoms with E-state index in [2.05, 4.69) is 15.3 Å². The van der Waals surface area contributed by atoms with Crippen molar-refractivity contribution in [1.29, 1.82) is 0 Å². The normalized spacial score (nSPS) is 15.4. The van der Waals surface area contributed by atoms with E-state index in [9.17, 15) is 9.59 Å². The van der Waals surface area contributed by atoms with E-state index in [1.165, 1.54) is 7.11 Å². The van der Waals surface area contributed by atoms with Crippen molar-refractivity contribution >= 4 is 11.8 Å². The average molecular weight is 337 g/mol. The van der Waals surface area contributed by atoms with Gasteiger partial charge >= 0.3 is 0 Å². The van der Waals surface area contributed by atoms with E-state index in [0.29, 0.717) is 37.5 Å². The van der Waals surface area contributed by atoms with Crippen molar-refractivity contribution in [2.45, 2.75) is 19.8 Å². The van der Waals surface area contributed by atoms with Gasteiger partial charge in [0.05, 0.1) is 7.11 Å². The van der Waals surface area contributed by atoms with E-state index in [1.54, 1.807) is 17.9 Å². The standard InChI is InChI=1S/C16H27N5O3/c1-4-5-14(22)17-6-7-20-8-10-21(11-9-20)16(23)13-12-19(2)18-15(13)24-3/h12H,4-11H2,1-3H3,(H,17,22). The minimum absolute atomic E-state index is 0.0455. The van der Waals surface area contributed by atoms with Crippen LogP contribution in [0.2, 0.25) is 0 Å². The number of ether oxygens (including phenoxy) is 1. The lowest BCUT2D eigenvalue weighted by molar-refractivity contribution is -0.121. The molecule has 8 heteroatoms. The molecule has 0 bridgehead atoms. The lowest BCUT2D eigenvalue weighted by Gasteiger charge is -2.34. The lowest BCUT2D eigenvalue weighted by atomic mass is 10.2. The van der Waals surface area contributed by atoms with Crippen molar-refractivity contribution in [2.75, 3.05) is 46.4 Å². The molecule has 1 aliphatic heterocycles. The molecule has 1 N–H and O–H groups in total. The maximum Gasteiger partial charge on any atom is 0.261 e. The molecule has 0 unspecified atom stereocenters. The van der Waals surface area contributed by atoms with Crippen LogP contribution in [-0.2, 0) is 11.8 Å². The highest BCUT2D eigenvalue weighted by Gasteiger charge is 2.25. The van der Waals surface area contributed by atoms with Gasteiger partial charge in [-0.2, -0.15) is 0 Å². The Bertz CT molecular complexity index is 564. The van der Waals surface area contributed by atoms with Crippen molar-refractivity contribution in [3.63, 3.8) is 0 Å². The summed E-state index contributed by atoms with van der Waals surface area (Å²) >= 11 is 0. The molecule has 8 nitrogen and oxygen atoms in total. The molecule has 1 fully saturated rings. The van der Waals surface area contributed by atoms with Crippen LogP contribution in [0.25, 0.3) is 0 Å². The van der Waals surface area contributed by atoms with Crippen LogP contribution in [-0.4, -0.2) is 77.8 Å². The van der Waals surface area contributed by atoms with Gasteiger partial charge in [0.25, 0.3) is 5.91 Å². The van der Waals surface area contributed by atoms with Crippen LogP contribution in [0, 0.1) is 0 Å². The number of piperazine rings is 1. The number of nitrogens with one attached hydrogen (secondary N) is 1. The third-order valence-corrected chi connectivity index (χ3v) is 4.11. The third-order valence-electron chi connectivity index (χ3n) is 4.11. The predicted molar refractivity (Wildman–Crippen MR) is 90.0 cm³/mol. The number of nitrogens with zero attached hydrogens (tertiary/aromatic N) is 4. The lowest BCUT2D eigenvalue weighted by Crippen LogP contribution is -2.50. The second-order valence-corrected chi connectivity index (χ2v) is 5.96. The minimum atomic E-state index is -0.0455. The summed E-state index contributed by atoms with van der Waals surface area (Å²) in [6.45, 7) is 6.40. The van der Waals surface area contributed by atoms with Crippen LogP contribution in [0.4, 0.5) is 0 Å². The van der Waals surface area contributed by atoms with Gasteiger partial charge in [-0.05, 0) is 6.42 Å². The Kier molecular flexibility index (Phi) is 6.60. The van der Waals surface area contributed by atoms with Gasteiger partial charge in [0.15, 0.2) is 0 Å². The average Bonchev–Trinajstić information content (AvgIpc) is 2.96. The summed E-state index contributed by atoms with van der Waals surface area (Å²) in [5.41, 5.74) is 0.500. The fraction of sp³-hybridized carbons (Fsp3) is 0.688. The van der Waals surface area contributed by atoms with Gasteiger partial charge < -0.3 is 15.0 Å². The molecule has 0 aromatic carbocycles. The van der Waals surface area contributed by atoms with Crippen molar-refractivity contribution in [3.8, 4) is 5.88 Å². The van der Waals surface area contributed by atoms with Gasteiger partial charge in [-0.1, -0.05) is 6.92 Å². The highest BCUT2D eigenvalue weighted by Crippen LogP contribution is 2.18. The van der Waals surface area contributed by atoms with E-state index in [0.717, 1.165) is 26.1 Å². The number of aromatic nitrogens is 2. The second-order valence-electron chi connectivity index (χ2n) is 5.96. The summed E-state index contributed by atoms with van der Waals surface area (Å²) in [6, 6.07) is 0. The summed E-state index contributed by atoms with van der Waals surface area (Å²) in [5.74, 6) is 0.425. The van der Waals surface area contributed by atoms with Crippen LogP contribution in [0.15, 0.2) is 6.20 Å². The molecule has 1 aromatic heterocycles. The first-order chi connectivity index (χ1) is 11.5. The Balaban J connectivity index is 1.78. The Morgan fingerprint density at radius 3 is 2.62 bits per heavy atom. The zero-order valence-electron chi connectivity index (χ0n) is 14.7. The molecule has 2 rings (SSSR count). The Morgan fingerprint density at radius 1 is 1.29 bits per heavy atom. The summed E-state index contributed by atoms with van der Waals surface area (Å²) < 4.78 is 6.75.